The number of nitrogens with zero attached hydrogens (tertiary/aromatic N) is 4. The minimum absolute atomic E-state index is 0. The van der Waals surface area contributed by atoms with Gasteiger partial charge in [0.1, 0.15) is 11.6 Å². The summed E-state index contributed by atoms with van der Waals surface area (Å²) in [6.07, 6.45) is -5.63. The maximum Gasteiger partial charge on any atom is 3.00 e. The molecule has 0 amide bonds. The first-order valence-corrected chi connectivity index (χ1v) is 16.6. The van der Waals surface area contributed by atoms with Gasteiger partial charge < -0.3 is 9.97 Å². The molecule has 0 saturated carbocycles. The molecule has 0 radical (unpaired) electrons. The Morgan fingerprint density at radius 2 is 0.707 bits per heavy atom. The summed E-state index contributed by atoms with van der Waals surface area (Å²) in [7, 11) is -10.7. The van der Waals surface area contributed by atoms with Crippen molar-refractivity contribution in [2.24, 2.45) is 0 Å². The SMILES string of the molecule is F[P-](F)(F)(F)(F)F.Fc1c[c-]c(-c2ccc(C(F)(F)F)cn2)c(F)c1.Fc1c[c-]c(-c2ccc(C(F)(F)F)cn2)c(F)c1.Fc1ccc(-c2ccc(F)cn2)nc1.[Ir+3]. The quantitative estimate of drug-likeness (QED) is 0.101. The summed E-state index contributed by atoms with van der Waals surface area (Å²) in [5.74, 6) is -4.30. The van der Waals surface area contributed by atoms with Crippen LogP contribution in [0, 0.1) is 47.0 Å². The first-order chi connectivity index (χ1) is 26.0. The molecule has 4 heterocycles. The summed E-state index contributed by atoms with van der Waals surface area (Å²) in [5, 5.41) is 0. The van der Waals surface area contributed by atoms with Crippen LogP contribution >= 0.6 is 7.81 Å². The maximum atomic E-state index is 13.3. The van der Waals surface area contributed by atoms with E-state index in [-0.39, 0.29) is 42.6 Å². The van der Waals surface area contributed by atoms with Crippen molar-refractivity contribution < 1.29 is 98.0 Å². The third kappa shape index (κ3) is 17.6. The normalized spacial score (nSPS) is 12.4. The molecule has 2 aromatic carbocycles. The summed E-state index contributed by atoms with van der Waals surface area (Å²) in [5.41, 5.74) is -1.27. The topological polar surface area (TPSA) is 51.6 Å². The Balaban J connectivity index is 0.000000277. The van der Waals surface area contributed by atoms with Crippen LogP contribution in [0.4, 0.5) is 77.9 Å². The molecule has 0 saturated heterocycles. The van der Waals surface area contributed by atoms with Gasteiger partial charge in [0.25, 0.3) is 0 Å². The first kappa shape index (κ1) is 49.0. The van der Waals surface area contributed by atoms with Gasteiger partial charge in [-0.3, -0.25) is 27.5 Å². The predicted octanol–water partition coefficient (Wildman–Crippen LogP) is 13.5. The molecule has 6 aromatic rings. The van der Waals surface area contributed by atoms with Gasteiger partial charge in [-0.15, -0.1) is 24.3 Å². The molecule has 4 aromatic heterocycles. The van der Waals surface area contributed by atoms with Gasteiger partial charge in [0.2, 0.25) is 0 Å². The fraction of sp³-hybridized carbons (Fsp3) is 0.0588. The largest absolute Gasteiger partial charge is 3.00 e. The molecule has 0 aliphatic carbocycles. The van der Waals surface area contributed by atoms with Crippen molar-refractivity contribution in [3.05, 3.63) is 156 Å². The van der Waals surface area contributed by atoms with Crippen LogP contribution in [0.1, 0.15) is 11.1 Å². The van der Waals surface area contributed by atoms with Crippen LogP contribution in [0.25, 0.3) is 33.9 Å². The molecule has 0 N–H and O–H groups in total. The minimum Gasteiger partial charge on any atom is -0.304 e. The zero-order valence-corrected chi connectivity index (χ0v) is 30.9. The number of pyridine rings is 4. The van der Waals surface area contributed by atoms with Gasteiger partial charge in [-0.1, -0.05) is 47.5 Å². The number of rotatable bonds is 3. The van der Waals surface area contributed by atoms with Crippen LogP contribution in [0.5, 0.6) is 0 Å². The first-order valence-electron chi connectivity index (χ1n) is 14.6. The zero-order valence-electron chi connectivity index (χ0n) is 27.6. The number of alkyl halides is 6. The van der Waals surface area contributed by atoms with E-state index in [0.717, 1.165) is 48.8 Å². The summed E-state index contributed by atoms with van der Waals surface area (Å²) >= 11 is 0. The summed E-state index contributed by atoms with van der Waals surface area (Å²) in [6.45, 7) is 0. The van der Waals surface area contributed by atoms with Crippen molar-refractivity contribution in [2.45, 2.75) is 12.4 Å². The third-order valence-corrected chi connectivity index (χ3v) is 6.13. The van der Waals surface area contributed by atoms with Crippen LogP contribution in [0.3, 0.4) is 0 Å². The Hall–Kier alpha value is -5.14. The Morgan fingerprint density at radius 3 is 0.931 bits per heavy atom. The van der Waals surface area contributed by atoms with E-state index in [2.05, 4.69) is 32.1 Å². The Labute approximate surface area is 327 Å². The Kier molecular flexibility index (Phi) is 15.4. The Morgan fingerprint density at radius 1 is 0.414 bits per heavy atom. The van der Waals surface area contributed by atoms with Crippen LogP contribution < -0.4 is 0 Å². The van der Waals surface area contributed by atoms with Gasteiger partial charge in [-0.05, 0) is 35.7 Å². The molecule has 0 atom stereocenters. The average Bonchev–Trinajstić information content (AvgIpc) is 3.08. The number of halogens is 18. The predicted molar refractivity (Wildman–Crippen MR) is 168 cm³/mol. The van der Waals surface area contributed by atoms with Crippen molar-refractivity contribution in [3.8, 4) is 33.9 Å². The van der Waals surface area contributed by atoms with Crippen LogP contribution in [-0.4, -0.2) is 19.9 Å². The zero-order chi connectivity index (χ0) is 43.0. The number of hydrogen-bond donors (Lipinski definition) is 0. The Bertz CT molecular complexity index is 2090. The number of hydrogen-bond acceptors (Lipinski definition) is 4. The van der Waals surface area contributed by atoms with Crippen LogP contribution in [0.2, 0.25) is 0 Å². The molecule has 312 valence electrons. The smallest absolute Gasteiger partial charge is 0.304 e. The van der Waals surface area contributed by atoms with E-state index in [1.54, 1.807) is 0 Å². The van der Waals surface area contributed by atoms with Gasteiger partial charge in [0, 0.05) is 35.7 Å². The molecule has 0 aliphatic heterocycles. The number of benzene rings is 2. The number of aromatic nitrogens is 4. The van der Waals surface area contributed by atoms with E-state index in [1.165, 1.54) is 24.3 Å². The van der Waals surface area contributed by atoms with Crippen molar-refractivity contribution in [2.75, 3.05) is 0 Å². The molecule has 0 fully saturated rings. The van der Waals surface area contributed by atoms with E-state index < -0.39 is 66.2 Å². The summed E-state index contributed by atoms with van der Waals surface area (Å²) < 4.78 is 210. The van der Waals surface area contributed by atoms with Gasteiger partial charge in [0.05, 0.1) is 34.9 Å². The molecule has 58 heavy (non-hydrogen) atoms. The summed E-state index contributed by atoms with van der Waals surface area (Å²) in [4.78, 5) is 14.6. The van der Waals surface area contributed by atoms with Crippen molar-refractivity contribution in [1.82, 2.24) is 19.9 Å². The van der Waals surface area contributed by atoms with E-state index in [4.69, 9.17) is 0 Å². The monoisotopic (exact) mass is 1050 g/mol. The minimum atomic E-state index is -10.7. The van der Waals surface area contributed by atoms with E-state index in [0.29, 0.717) is 35.9 Å². The average molecular weight is 1050 g/mol. The van der Waals surface area contributed by atoms with Crippen LogP contribution in [0.15, 0.2) is 97.6 Å². The fourth-order valence-electron chi connectivity index (χ4n) is 3.76. The van der Waals surface area contributed by atoms with Gasteiger partial charge in [-0.25, -0.2) is 8.78 Å². The second-order valence-corrected chi connectivity index (χ2v) is 12.5. The molecule has 0 spiro atoms. The van der Waals surface area contributed by atoms with Crippen molar-refractivity contribution in [3.63, 3.8) is 0 Å². The van der Waals surface area contributed by atoms with Gasteiger partial charge in [-0.2, -0.15) is 26.3 Å². The van der Waals surface area contributed by atoms with Crippen molar-refractivity contribution in [1.29, 1.82) is 0 Å². The van der Waals surface area contributed by atoms with E-state index in [1.807, 2.05) is 0 Å². The standard InChI is InChI=1S/2C12H5F5N.C10H6F2N2.F6P.Ir/c2*13-8-2-3-9(10(14)5-8)11-4-1-7(6-18-11)12(15,16)17;11-7-1-3-9(13-5-7)10-4-2-8(12)6-14-10;1-7(2,3,4,5)6;/h2*1-2,4-6H;1-6H;;/q2*-1;;-1;+3. The van der Waals surface area contributed by atoms with Crippen LogP contribution in [-0.2, 0) is 32.5 Å². The van der Waals surface area contributed by atoms with Gasteiger partial charge >= 0.3 is 65.4 Å². The van der Waals surface area contributed by atoms with E-state index in [9.17, 15) is 77.9 Å². The molecule has 0 unspecified atom stereocenters. The molecule has 0 bridgehead atoms. The molecular formula is C34H16F18IrN4P. The van der Waals surface area contributed by atoms with Gasteiger partial charge in [0.15, 0.2) is 0 Å². The third-order valence-electron chi connectivity index (χ3n) is 6.13. The van der Waals surface area contributed by atoms with E-state index >= 15 is 0 Å². The molecule has 4 nitrogen and oxygen atoms in total. The van der Waals surface area contributed by atoms with Crippen molar-refractivity contribution >= 4 is 7.81 Å². The summed E-state index contributed by atoms with van der Waals surface area (Å²) in [6, 6.07) is 16.7. The molecule has 24 heteroatoms. The molecular weight excluding hydrogens is 1030 g/mol. The second kappa shape index (κ2) is 18.2. The molecule has 0 aliphatic rings. The maximum absolute atomic E-state index is 13.3. The second-order valence-electron chi connectivity index (χ2n) is 10.6. The fourth-order valence-corrected chi connectivity index (χ4v) is 3.76. The molecule has 6 rings (SSSR count).